The van der Waals surface area contributed by atoms with Gasteiger partial charge in [-0.3, -0.25) is 0 Å². The first-order valence-corrected chi connectivity index (χ1v) is 18.0. The molecule has 0 spiro atoms. The second kappa shape index (κ2) is 15.1. The van der Waals surface area contributed by atoms with Crippen LogP contribution in [0.5, 0.6) is 23.0 Å². The Bertz CT molecular complexity index is 2400. The van der Waals surface area contributed by atoms with Crippen LogP contribution in [-0.4, -0.2) is 51.3 Å². The van der Waals surface area contributed by atoms with Gasteiger partial charge in [0, 0.05) is 33.4 Å². The lowest BCUT2D eigenvalue weighted by Gasteiger charge is -2.38. The average Bonchev–Trinajstić information content (AvgIpc) is 3.88. The van der Waals surface area contributed by atoms with E-state index in [2.05, 4.69) is 0 Å². The van der Waals surface area contributed by atoms with Crippen molar-refractivity contribution in [1.82, 2.24) is 0 Å². The number of halogens is 4. The zero-order chi connectivity index (χ0) is 40.6. The first-order valence-electron chi connectivity index (χ1n) is 18.0. The molecule has 2 heterocycles. The van der Waals surface area contributed by atoms with Gasteiger partial charge in [-0.1, -0.05) is 48.5 Å². The second-order valence-electron chi connectivity index (χ2n) is 13.4. The summed E-state index contributed by atoms with van der Waals surface area (Å²) in [6.07, 6.45) is 0. The normalized spacial score (nSPS) is 15.2. The Morgan fingerprint density at radius 2 is 0.638 bits per heavy atom. The van der Waals surface area contributed by atoms with Crippen molar-refractivity contribution in [3.05, 3.63) is 190 Å². The molecule has 6 aromatic carbocycles. The van der Waals surface area contributed by atoms with Gasteiger partial charge in [-0.15, -0.1) is 0 Å². The third-order valence-electron chi connectivity index (χ3n) is 10.0. The second-order valence-corrected chi connectivity index (χ2v) is 13.4. The Morgan fingerprint density at radius 1 is 0.362 bits per heavy atom. The molecule has 0 fully saturated rings. The maximum Gasteiger partial charge on any atom is 0.229 e. The summed E-state index contributed by atoms with van der Waals surface area (Å²) in [5.41, 5.74) is -3.33. The van der Waals surface area contributed by atoms with Crippen LogP contribution < -0.4 is 18.9 Å². The van der Waals surface area contributed by atoms with Gasteiger partial charge < -0.3 is 18.9 Å². The molecule has 0 aliphatic carbocycles. The quantitative estimate of drug-likeness (QED) is 0.123. The smallest absolute Gasteiger partial charge is 0.229 e. The van der Waals surface area contributed by atoms with Crippen molar-refractivity contribution < 1.29 is 36.5 Å². The van der Waals surface area contributed by atoms with E-state index in [0.717, 1.165) is 36.4 Å². The lowest BCUT2D eigenvalue weighted by molar-refractivity contribution is 0.240. The zero-order valence-corrected chi connectivity index (χ0v) is 31.6. The van der Waals surface area contributed by atoms with E-state index >= 15 is 17.6 Å². The monoisotopic (exact) mass is 782 g/mol. The van der Waals surface area contributed by atoms with Crippen LogP contribution in [0.3, 0.4) is 0 Å². The van der Waals surface area contributed by atoms with Crippen molar-refractivity contribution in [2.75, 3.05) is 28.4 Å². The van der Waals surface area contributed by atoms with E-state index in [9.17, 15) is 0 Å². The molecule has 2 aliphatic heterocycles. The van der Waals surface area contributed by atoms with Crippen LogP contribution >= 0.6 is 0 Å². The van der Waals surface area contributed by atoms with Crippen LogP contribution in [0.1, 0.15) is 33.4 Å². The number of methoxy groups -OCH3 is 4. The third-order valence-corrected chi connectivity index (χ3v) is 10.0. The third kappa shape index (κ3) is 6.46. The van der Waals surface area contributed by atoms with Crippen LogP contribution in [0.4, 0.5) is 17.6 Å². The van der Waals surface area contributed by atoms with Crippen LogP contribution in [0.2, 0.25) is 0 Å². The summed E-state index contributed by atoms with van der Waals surface area (Å²) in [5, 5.41) is 0. The highest BCUT2D eigenvalue weighted by Crippen LogP contribution is 2.56. The summed E-state index contributed by atoms with van der Waals surface area (Å²) in [7, 11) is 6.01. The standard InChI is InChI=1S/C46H34F4N4O4/c1-55-33-13-5-9-27(21-33)41-42(28-10-6-14-34(22-28)56-2)52-45(51-41,37-25-31(47)17-19-39(37)49)46(38-26-32(48)18-20-40(38)50)53-43(29-11-7-15-35(23-29)57-3)44(54-46)30-12-8-16-36(24-30)58-4/h5-26H,1-4H3. The Labute approximate surface area is 331 Å². The summed E-state index contributed by atoms with van der Waals surface area (Å²) in [5.74, 6) is -1.76. The maximum absolute atomic E-state index is 16.9. The molecule has 12 heteroatoms. The van der Waals surface area contributed by atoms with Gasteiger partial charge in [-0.2, -0.15) is 0 Å². The van der Waals surface area contributed by atoms with E-state index < -0.39 is 45.7 Å². The van der Waals surface area contributed by atoms with Gasteiger partial charge in [-0.25, -0.2) is 37.5 Å². The largest absolute Gasteiger partial charge is 0.497 e. The number of hydrogen-bond acceptors (Lipinski definition) is 8. The molecule has 6 aromatic rings. The Kier molecular flexibility index (Phi) is 9.85. The molecule has 0 radical (unpaired) electrons. The highest BCUT2D eigenvalue weighted by molar-refractivity contribution is 6.56. The first kappa shape index (κ1) is 37.8. The van der Waals surface area contributed by atoms with Crippen LogP contribution in [0.25, 0.3) is 0 Å². The van der Waals surface area contributed by atoms with Crippen molar-refractivity contribution in [1.29, 1.82) is 0 Å². The average molecular weight is 783 g/mol. The van der Waals surface area contributed by atoms with Crippen LogP contribution in [-0.2, 0) is 11.3 Å². The predicted molar refractivity (Wildman–Crippen MR) is 214 cm³/mol. The van der Waals surface area contributed by atoms with Crippen molar-refractivity contribution in [2.24, 2.45) is 20.0 Å². The summed E-state index contributed by atoms with van der Waals surface area (Å²) in [6, 6.07) is 33.3. The van der Waals surface area contributed by atoms with Gasteiger partial charge >= 0.3 is 0 Å². The molecule has 0 aromatic heterocycles. The van der Waals surface area contributed by atoms with Crippen LogP contribution in [0, 0.1) is 23.3 Å². The number of nitrogens with zero attached hydrogens (tertiary/aromatic N) is 4. The molecule has 0 amide bonds. The lowest BCUT2D eigenvalue weighted by atomic mass is 9.81. The number of rotatable bonds is 11. The predicted octanol–water partition coefficient (Wildman–Crippen LogP) is 9.27. The molecule has 0 saturated heterocycles. The highest BCUT2D eigenvalue weighted by atomic mass is 19.1. The molecule has 58 heavy (non-hydrogen) atoms. The fraction of sp³-hybridized carbons (Fsp3) is 0.130. The van der Waals surface area contributed by atoms with Crippen LogP contribution in [0.15, 0.2) is 153 Å². The van der Waals surface area contributed by atoms with Gasteiger partial charge in [0.15, 0.2) is 0 Å². The van der Waals surface area contributed by atoms with Gasteiger partial charge in [0.1, 0.15) is 46.3 Å². The van der Waals surface area contributed by atoms with Gasteiger partial charge in [0.25, 0.3) is 0 Å². The molecule has 8 nitrogen and oxygen atoms in total. The Hall–Kier alpha value is -7.08. The minimum atomic E-state index is -2.49. The van der Waals surface area contributed by atoms with Crippen molar-refractivity contribution in [3.8, 4) is 23.0 Å². The summed E-state index contributed by atoms with van der Waals surface area (Å²) in [4.78, 5) is 20.9. The first-order chi connectivity index (χ1) is 28.1. The number of aliphatic imine (C=N–C) groups is 4. The summed E-state index contributed by atoms with van der Waals surface area (Å²) >= 11 is 0. The molecule has 0 N–H and O–H groups in total. The van der Waals surface area contributed by atoms with E-state index in [1.165, 1.54) is 28.4 Å². The fourth-order valence-corrected chi connectivity index (χ4v) is 7.25. The van der Waals surface area contributed by atoms with Gasteiger partial charge in [0.05, 0.1) is 51.3 Å². The van der Waals surface area contributed by atoms with Gasteiger partial charge in [0.2, 0.25) is 11.3 Å². The zero-order valence-electron chi connectivity index (χ0n) is 31.6. The van der Waals surface area contributed by atoms with Crippen molar-refractivity contribution in [2.45, 2.75) is 11.3 Å². The van der Waals surface area contributed by atoms with E-state index in [1.54, 1.807) is 97.1 Å². The van der Waals surface area contributed by atoms with E-state index in [1.807, 2.05) is 0 Å². The van der Waals surface area contributed by atoms with Gasteiger partial charge in [-0.05, 0) is 84.9 Å². The fourth-order valence-electron chi connectivity index (χ4n) is 7.25. The Morgan fingerprint density at radius 3 is 0.897 bits per heavy atom. The number of benzene rings is 6. The molecule has 0 unspecified atom stereocenters. The van der Waals surface area contributed by atoms with E-state index in [-0.39, 0.29) is 22.8 Å². The molecule has 0 atom stereocenters. The minimum Gasteiger partial charge on any atom is -0.497 e. The molecular weight excluding hydrogens is 749 g/mol. The molecule has 290 valence electrons. The van der Waals surface area contributed by atoms with E-state index in [4.69, 9.17) is 38.9 Å². The molecular formula is C46H34F4N4O4. The summed E-state index contributed by atoms with van der Waals surface area (Å²) in [6.45, 7) is 0. The molecule has 2 aliphatic rings. The van der Waals surface area contributed by atoms with Crippen molar-refractivity contribution >= 4 is 22.8 Å². The van der Waals surface area contributed by atoms with E-state index in [0.29, 0.717) is 45.3 Å². The SMILES string of the molecule is COc1cccc(C2=NC(c3cc(F)ccc3F)(C3(c4cc(F)ccc4F)N=C(c4cccc(OC)c4)C(c4cccc(OC)c4)=N3)N=C2c2cccc(OC)c2)c1. The van der Waals surface area contributed by atoms with Crippen molar-refractivity contribution in [3.63, 3.8) is 0 Å². The highest BCUT2D eigenvalue weighted by Gasteiger charge is 2.62. The molecule has 8 rings (SSSR count). The maximum atomic E-state index is 16.9. The topological polar surface area (TPSA) is 86.4 Å². The number of hydrogen-bond donors (Lipinski definition) is 0. The Balaban J connectivity index is 1.59. The molecule has 0 saturated carbocycles. The number of ether oxygens (including phenoxy) is 4. The summed E-state index contributed by atoms with van der Waals surface area (Å²) < 4.78 is 87.4. The lowest BCUT2D eigenvalue weighted by Crippen LogP contribution is -2.44. The molecule has 0 bridgehead atoms. The minimum absolute atomic E-state index is 0.176.